The molecule has 2 N–H and O–H groups in total. The van der Waals surface area contributed by atoms with Gasteiger partial charge in [0.25, 0.3) is 0 Å². The van der Waals surface area contributed by atoms with E-state index in [0.29, 0.717) is 12.8 Å². The molecular weight excluding hydrogens is 478 g/mol. The number of hydrogen-bond donors (Lipinski definition) is 1. The quantitative estimate of drug-likeness (QED) is 0.221. The molecule has 0 radical (unpaired) electrons. The third-order valence-electron chi connectivity index (χ3n) is 2.63. The molecule has 106 valence electrons. The minimum atomic E-state index is -0.917. The molecule has 2 amide bonds. The Labute approximate surface area is 130 Å². The van der Waals surface area contributed by atoms with Crippen LogP contribution in [0.2, 0.25) is 0 Å². The second-order valence-electron chi connectivity index (χ2n) is 3.88. The number of carbonyl (C=O) groups is 4. The number of amides is 2. The van der Waals surface area contributed by atoms with Crippen molar-refractivity contribution < 1.29 is 36.4 Å². The number of hydrogen-bond acceptors (Lipinski definition) is 5. The minimum absolute atomic E-state index is 0.0921. The summed E-state index contributed by atoms with van der Waals surface area (Å²) in [6.45, 7) is -0.0921. The van der Waals surface area contributed by atoms with Crippen molar-refractivity contribution in [1.29, 1.82) is 0 Å². The molecule has 6 nitrogen and oxygen atoms in total. The van der Waals surface area contributed by atoms with E-state index in [-0.39, 0.29) is 22.5 Å². The first-order valence-electron chi connectivity index (χ1n) is 5.58. The predicted molar refractivity (Wildman–Crippen MR) is 71.7 cm³/mol. The van der Waals surface area contributed by atoms with E-state index in [1.807, 2.05) is 0 Å². The summed E-state index contributed by atoms with van der Waals surface area (Å²) in [5.41, 5.74) is 5.48. The van der Waals surface area contributed by atoms with E-state index >= 15 is 0 Å². The molecule has 8 heteroatoms. The number of carbonyl (C=O) groups excluding carboxylic acids is 4. The normalized spacial score (nSPS) is 16.2. The summed E-state index contributed by atoms with van der Waals surface area (Å²) < 4.78 is 0.187. The molecule has 0 aliphatic carbocycles. The second-order valence-corrected chi connectivity index (χ2v) is 8.22. The van der Waals surface area contributed by atoms with Gasteiger partial charge in [0.2, 0.25) is 0 Å². The molecule has 0 aromatic carbocycles. The van der Waals surface area contributed by atoms with Crippen LogP contribution in [0.5, 0.6) is 0 Å². The van der Waals surface area contributed by atoms with Gasteiger partial charge in [-0.25, -0.2) is 0 Å². The first kappa shape index (κ1) is 16.7. The van der Waals surface area contributed by atoms with Gasteiger partial charge in [0.15, 0.2) is 0 Å². The van der Waals surface area contributed by atoms with Crippen molar-refractivity contribution in [1.82, 2.24) is 4.90 Å². The molecule has 0 saturated carbocycles. The fourth-order valence-corrected chi connectivity index (χ4v) is 3.66. The number of halogens is 2. The zero-order chi connectivity index (χ0) is 14.4. The van der Waals surface area contributed by atoms with Crippen LogP contribution in [-0.2, 0) is 19.2 Å². The SMILES string of the molecule is NCC(C(=O)CCCC(=O)[I-]I)N1C(=O)C=CC1=O. The van der Waals surface area contributed by atoms with E-state index in [4.69, 9.17) is 5.73 Å². The van der Waals surface area contributed by atoms with Crippen molar-refractivity contribution in [3.05, 3.63) is 12.2 Å². The Balaban J connectivity index is 2.55. The van der Waals surface area contributed by atoms with Crippen LogP contribution < -0.4 is 23.0 Å². The summed E-state index contributed by atoms with van der Waals surface area (Å²) >= 11 is 1.61. The molecule has 0 aromatic rings. The fourth-order valence-electron chi connectivity index (χ4n) is 1.70. The number of nitrogens with zero attached hydrogens (tertiary/aromatic N) is 1. The van der Waals surface area contributed by atoms with Crippen molar-refractivity contribution in [2.45, 2.75) is 25.3 Å². The zero-order valence-electron chi connectivity index (χ0n) is 9.97. The van der Waals surface area contributed by atoms with Crippen LogP contribution in [0.1, 0.15) is 19.3 Å². The van der Waals surface area contributed by atoms with Crippen LogP contribution in [0.25, 0.3) is 0 Å². The average Bonchev–Trinajstić information content (AvgIpc) is 2.71. The summed E-state index contributed by atoms with van der Waals surface area (Å²) in [5.74, 6) is -1.29. The van der Waals surface area contributed by atoms with Crippen LogP contribution in [0.15, 0.2) is 12.2 Å². The van der Waals surface area contributed by atoms with E-state index in [9.17, 15) is 19.2 Å². The van der Waals surface area contributed by atoms with Gasteiger partial charge in [-0.3, -0.25) is 0 Å². The molecule has 19 heavy (non-hydrogen) atoms. The Bertz CT molecular complexity index is 418. The Kier molecular flexibility index (Phi) is 7.07. The summed E-state index contributed by atoms with van der Waals surface area (Å²) in [6, 6.07) is -0.917. The first-order valence-corrected chi connectivity index (χ1v) is 12.9. The fraction of sp³-hybridized carbons (Fsp3) is 0.455. The van der Waals surface area contributed by atoms with Gasteiger partial charge >= 0.3 is 131 Å². The van der Waals surface area contributed by atoms with Crippen molar-refractivity contribution in [3.63, 3.8) is 0 Å². The van der Waals surface area contributed by atoms with Crippen LogP contribution in [0, 0.1) is 0 Å². The van der Waals surface area contributed by atoms with Gasteiger partial charge in [0.1, 0.15) is 0 Å². The monoisotopic (exact) mass is 491 g/mol. The number of imide groups is 1. The van der Waals surface area contributed by atoms with Gasteiger partial charge in [0, 0.05) is 0 Å². The molecule has 1 atom stereocenters. The van der Waals surface area contributed by atoms with Crippen LogP contribution in [0.4, 0.5) is 0 Å². The van der Waals surface area contributed by atoms with Gasteiger partial charge in [-0.15, -0.1) is 0 Å². The molecule has 1 aliphatic heterocycles. The maximum absolute atomic E-state index is 12.0. The van der Waals surface area contributed by atoms with Crippen LogP contribution in [-0.4, -0.2) is 38.9 Å². The van der Waals surface area contributed by atoms with Crippen molar-refractivity contribution in [2.24, 2.45) is 5.73 Å². The molecule has 1 unspecified atom stereocenters. The van der Waals surface area contributed by atoms with E-state index < -0.39 is 35.1 Å². The van der Waals surface area contributed by atoms with Crippen molar-refractivity contribution in [3.8, 4) is 0 Å². The molecule has 0 fully saturated rings. The molecule has 0 bridgehead atoms. The Hall–Kier alpha value is -0.360. The number of rotatable bonds is 8. The van der Waals surface area contributed by atoms with Gasteiger partial charge in [-0.2, -0.15) is 0 Å². The molecule has 1 aliphatic rings. The van der Waals surface area contributed by atoms with E-state index in [0.717, 1.165) is 17.1 Å². The van der Waals surface area contributed by atoms with E-state index in [2.05, 4.69) is 18.6 Å². The summed E-state index contributed by atoms with van der Waals surface area (Å²) in [5, 5.41) is 0. The Morgan fingerprint density at radius 3 is 2.32 bits per heavy atom. The Morgan fingerprint density at radius 2 is 1.84 bits per heavy atom. The van der Waals surface area contributed by atoms with Crippen LogP contribution >= 0.6 is 18.6 Å². The number of Topliss-reactive ketones (excluding diaryl/α,β-unsaturated/α-hetero) is 1. The molecule has 0 saturated heterocycles. The summed E-state index contributed by atoms with van der Waals surface area (Å²) in [6.07, 6.45) is 3.23. The molecule has 1 rings (SSSR count). The zero-order valence-corrected chi connectivity index (χ0v) is 14.3. The third-order valence-corrected chi connectivity index (χ3v) is 6.67. The van der Waals surface area contributed by atoms with E-state index in [1.54, 1.807) is 0 Å². The molecule has 0 aromatic heterocycles. The number of ketones is 1. The molecular formula is C11H13I2N2O4-. The average molecular weight is 491 g/mol. The Morgan fingerprint density at radius 1 is 1.26 bits per heavy atom. The standard InChI is InChI=1S/C11H13I2N2O4/c12-13-9(17)3-1-2-8(16)7(6-14)15-10(18)4-5-11(15)19/h4-5,7H,1-3,6,14H2/q-1. The van der Waals surface area contributed by atoms with Gasteiger partial charge in [-0.1, -0.05) is 0 Å². The molecule has 1 heterocycles. The van der Waals surface area contributed by atoms with Crippen LogP contribution in [0.3, 0.4) is 0 Å². The first-order chi connectivity index (χ1) is 9.01. The maximum atomic E-state index is 12.0. The van der Waals surface area contributed by atoms with Crippen molar-refractivity contribution in [2.75, 3.05) is 6.54 Å². The summed E-state index contributed by atoms with van der Waals surface area (Å²) in [7, 11) is 0. The summed E-state index contributed by atoms with van der Waals surface area (Å²) in [4.78, 5) is 47.0. The van der Waals surface area contributed by atoms with Gasteiger partial charge in [0.05, 0.1) is 0 Å². The predicted octanol–water partition coefficient (Wildman–Crippen LogP) is -3.06. The molecule has 0 spiro atoms. The topological polar surface area (TPSA) is 97.5 Å². The van der Waals surface area contributed by atoms with Crippen molar-refractivity contribution >= 4 is 40.0 Å². The third kappa shape index (κ3) is 4.60. The second kappa shape index (κ2) is 8.04. The van der Waals surface area contributed by atoms with Gasteiger partial charge < -0.3 is 0 Å². The number of nitrogens with two attached hydrogens (primary N) is 1. The van der Waals surface area contributed by atoms with Gasteiger partial charge in [-0.05, 0) is 0 Å². The van der Waals surface area contributed by atoms with E-state index in [1.165, 1.54) is 0 Å².